The molecule has 13 nitrogen and oxygen atoms in total. The topological polar surface area (TPSA) is 162 Å². The number of nitrogens with zero attached hydrogens (tertiary/aromatic N) is 5. The molecule has 0 unspecified atom stereocenters. The number of hydrogen-bond donors (Lipinski definition) is 2. The van der Waals surface area contributed by atoms with E-state index in [1.165, 1.54) is 36.3 Å². The Labute approximate surface area is 278 Å². The molecule has 5 rings (SSSR count). The summed E-state index contributed by atoms with van der Waals surface area (Å²) in [6, 6.07) is 11.6. The Morgan fingerprint density at radius 2 is 1.81 bits per heavy atom. The summed E-state index contributed by atoms with van der Waals surface area (Å²) in [4.78, 5) is 50.8. The van der Waals surface area contributed by atoms with Crippen molar-refractivity contribution in [2.24, 2.45) is 0 Å². The minimum absolute atomic E-state index is 0.0261. The van der Waals surface area contributed by atoms with Crippen LogP contribution in [0.2, 0.25) is 0 Å². The van der Waals surface area contributed by atoms with Crippen LogP contribution in [0, 0.1) is 0 Å². The third-order valence-corrected chi connectivity index (χ3v) is 11.0. The van der Waals surface area contributed by atoms with Crippen LogP contribution in [-0.2, 0) is 35.6 Å². The van der Waals surface area contributed by atoms with Gasteiger partial charge in [-0.05, 0) is 76.6 Å². The minimum Gasteiger partial charge on any atom is -0.480 e. The number of carboxylic acids is 1. The van der Waals surface area contributed by atoms with E-state index in [0.717, 1.165) is 9.99 Å². The lowest BCUT2D eigenvalue weighted by Crippen LogP contribution is -2.57. The van der Waals surface area contributed by atoms with Crippen molar-refractivity contribution in [3.8, 4) is 0 Å². The van der Waals surface area contributed by atoms with Gasteiger partial charge in [0.05, 0.1) is 18.2 Å². The highest BCUT2D eigenvalue weighted by molar-refractivity contribution is 8.02. The van der Waals surface area contributed by atoms with Gasteiger partial charge in [-0.25, -0.2) is 18.2 Å². The Morgan fingerprint density at radius 3 is 2.45 bits per heavy atom. The highest BCUT2D eigenvalue weighted by atomic mass is 32.2. The predicted molar refractivity (Wildman–Crippen MR) is 178 cm³/mol. The fourth-order valence-electron chi connectivity index (χ4n) is 5.54. The maximum absolute atomic E-state index is 14.0. The van der Waals surface area contributed by atoms with Crippen LogP contribution in [0.3, 0.4) is 0 Å². The quantitative estimate of drug-likeness (QED) is 0.300. The molecular formula is C32H38N6O7S2. The third kappa shape index (κ3) is 7.52. The molecule has 2 atom stereocenters. The van der Waals surface area contributed by atoms with Gasteiger partial charge in [-0.3, -0.25) is 14.6 Å². The predicted octanol–water partition coefficient (Wildman–Crippen LogP) is 3.39. The van der Waals surface area contributed by atoms with Crippen LogP contribution in [0.15, 0.2) is 72.0 Å². The Balaban J connectivity index is 1.38. The molecule has 2 N–H and O–H groups in total. The number of carbonyl (C=O) groups is 3. The first-order valence-electron chi connectivity index (χ1n) is 14.9. The van der Waals surface area contributed by atoms with Gasteiger partial charge in [0.15, 0.2) is 5.82 Å². The number of aromatic nitrogens is 2. The van der Waals surface area contributed by atoms with E-state index >= 15 is 0 Å². The number of aliphatic carboxylic acids is 1. The summed E-state index contributed by atoms with van der Waals surface area (Å²) in [7, 11) is -4.07. The van der Waals surface area contributed by atoms with Crippen LogP contribution in [0.1, 0.15) is 40.2 Å². The first-order chi connectivity index (χ1) is 22.1. The molecule has 2 aliphatic rings. The van der Waals surface area contributed by atoms with Gasteiger partial charge in [-0.15, -0.1) is 11.8 Å². The van der Waals surface area contributed by atoms with Crippen molar-refractivity contribution in [3.05, 3.63) is 72.7 Å². The van der Waals surface area contributed by atoms with Crippen LogP contribution in [-0.4, -0.2) is 87.2 Å². The maximum atomic E-state index is 14.0. The van der Waals surface area contributed by atoms with Crippen molar-refractivity contribution in [3.63, 3.8) is 0 Å². The zero-order valence-electron chi connectivity index (χ0n) is 26.8. The van der Waals surface area contributed by atoms with Crippen LogP contribution >= 0.6 is 11.8 Å². The summed E-state index contributed by atoms with van der Waals surface area (Å²) >= 11 is 1.33. The van der Waals surface area contributed by atoms with Crippen LogP contribution in [0.4, 0.5) is 17.2 Å². The molecule has 0 radical (unpaired) electrons. The second-order valence-electron chi connectivity index (χ2n) is 12.8. The number of sulfonamides is 1. The van der Waals surface area contributed by atoms with Gasteiger partial charge in [0.2, 0.25) is 15.9 Å². The molecule has 250 valence electrons. The highest BCUT2D eigenvalue weighted by Gasteiger charge is 2.51. The molecular weight excluding hydrogens is 645 g/mol. The number of thioether (sulfide) groups is 1. The van der Waals surface area contributed by atoms with Gasteiger partial charge in [-0.2, -0.15) is 4.31 Å². The molecule has 2 aliphatic heterocycles. The average Bonchev–Trinajstić information content (AvgIpc) is 3.53. The van der Waals surface area contributed by atoms with E-state index < -0.39 is 50.3 Å². The zero-order chi connectivity index (χ0) is 34.1. The number of hydrogen-bond acceptors (Lipinski definition) is 11. The molecule has 0 bridgehead atoms. The summed E-state index contributed by atoms with van der Waals surface area (Å²) in [5, 5.41) is 12.2. The Kier molecular flexibility index (Phi) is 9.53. The van der Waals surface area contributed by atoms with Crippen LogP contribution < -0.4 is 15.1 Å². The van der Waals surface area contributed by atoms with E-state index in [2.05, 4.69) is 15.3 Å². The second-order valence-corrected chi connectivity index (χ2v) is 16.3. The average molecular weight is 683 g/mol. The van der Waals surface area contributed by atoms with E-state index in [4.69, 9.17) is 4.74 Å². The lowest BCUT2D eigenvalue weighted by Gasteiger charge is -2.32. The molecule has 0 saturated carbocycles. The van der Waals surface area contributed by atoms with E-state index in [-0.39, 0.29) is 23.7 Å². The number of rotatable bonds is 10. The van der Waals surface area contributed by atoms with Crippen molar-refractivity contribution < 1.29 is 32.6 Å². The SMILES string of the molecule is CC(C)(C)OC(=O)[C@H](Cc1ccc(N2CN(CC(=O)O)c3cccnc32)cc1)NC(=O)[C@H]1N(S(=O)(=O)c2cccnc2)CSC1(C)C. The maximum Gasteiger partial charge on any atom is 0.329 e. The summed E-state index contributed by atoms with van der Waals surface area (Å²) in [5.41, 5.74) is 1.35. The molecule has 47 heavy (non-hydrogen) atoms. The molecule has 3 aromatic rings. The Morgan fingerprint density at radius 1 is 1.11 bits per heavy atom. The summed E-state index contributed by atoms with van der Waals surface area (Å²) in [5.74, 6) is -1.53. The number of anilines is 3. The van der Waals surface area contributed by atoms with Crippen LogP contribution in [0.5, 0.6) is 0 Å². The van der Waals surface area contributed by atoms with Gasteiger partial charge < -0.3 is 25.0 Å². The van der Waals surface area contributed by atoms with E-state index in [1.54, 1.807) is 51.8 Å². The standard InChI is InChI=1S/C32H38N6O7S2/c1-31(2,3)45-30(42)24(35-29(41)27-32(4,5)46-20-38(27)47(43,44)23-8-6-14-33-17-23)16-21-10-12-22(13-11-21)37-19-36(18-26(39)40)25-9-7-15-34-28(25)37/h6-15,17,24,27H,16,18-20H2,1-5H3,(H,35,41)(H,39,40)/t24-,27+/m0/s1. The molecule has 15 heteroatoms. The molecule has 1 amide bonds. The fraction of sp³-hybridized carbons (Fsp3) is 0.406. The normalized spacial score (nSPS) is 18.4. The fourth-order valence-corrected chi connectivity index (χ4v) is 8.68. The molecule has 1 fully saturated rings. The van der Waals surface area contributed by atoms with Crippen molar-refractivity contribution in [1.82, 2.24) is 19.6 Å². The number of benzene rings is 1. The molecule has 2 aromatic heterocycles. The number of pyridine rings is 2. The minimum atomic E-state index is -4.07. The Hall–Kier alpha value is -4.21. The molecule has 1 aromatic carbocycles. The number of esters is 1. The largest absolute Gasteiger partial charge is 0.480 e. The molecule has 4 heterocycles. The number of amides is 1. The molecule has 1 saturated heterocycles. The smallest absolute Gasteiger partial charge is 0.329 e. The summed E-state index contributed by atoms with van der Waals surface area (Å²) < 4.78 is 33.2. The van der Waals surface area contributed by atoms with Crippen molar-refractivity contribution in [2.45, 2.75) is 68.4 Å². The summed E-state index contributed by atoms with van der Waals surface area (Å²) in [6.07, 6.45) is 4.44. The first-order valence-corrected chi connectivity index (χ1v) is 17.4. The van der Waals surface area contributed by atoms with Gasteiger partial charge in [0.1, 0.15) is 29.1 Å². The zero-order valence-corrected chi connectivity index (χ0v) is 28.4. The number of fused-ring (bicyclic) bond motifs is 1. The highest BCUT2D eigenvalue weighted by Crippen LogP contribution is 2.42. The van der Waals surface area contributed by atoms with Gasteiger partial charge in [0.25, 0.3) is 0 Å². The number of carbonyl (C=O) groups excluding carboxylic acids is 2. The summed E-state index contributed by atoms with van der Waals surface area (Å²) in [6.45, 7) is 8.90. The van der Waals surface area contributed by atoms with Crippen molar-refractivity contribution in [2.75, 3.05) is 28.9 Å². The van der Waals surface area contributed by atoms with Gasteiger partial charge in [0, 0.05) is 35.4 Å². The van der Waals surface area contributed by atoms with Gasteiger partial charge in [-0.1, -0.05) is 12.1 Å². The van der Waals surface area contributed by atoms with E-state index in [0.29, 0.717) is 23.7 Å². The van der Waals surface area contributed by atoms with E-state index in [1.807, 2.05) is 35.2 Å². The van der Waals surface area contributed by atoms with Crippen LogP contribution in [0.25, 0.3) is 0 Å². The lowest BCUT2D eigenvalue weighted by atomic mass is 10.0. The first kappa shape index (κ1) is 34.1. The van der Waals surface area contributed by atoms with Gasteiger partial charge >= 0.3 is 11.9 Å². The van der Waals surface area contributed by atoms with Crippen molar-refractivity contribution >= 4 is 56.8 Å². The monoisotopic (exact) mass is 682 g/mol. The van der Waals surface area contributed by atoms with Crippen molar-refractivity contribution in [1.29, 1.82) is 0 Å². The lowest BCUT2D eigenvalue weighted by molar-refractivity contribution is -0.158. The molecule has 0 spiro atoms. The number of nitrogens with one attached hydrogen (secondary N) is 1. The molecule has 0 aliphatic carbocycles. The second kappa shape index (κ2) is 13.1. The number of carboxylic acid groups (broad SMARTS) is 1. The Bertz CT molecular complexity index is 1750. The number of ether oxygens (including phenoxy) is 1. The van der Waals surface area contributed by atoms with E-state index in [9.17, 15) is 27.9 Å². The third-order valence-electron chi connectivity index (χ3n) is 7.70.